The summed E-state index contributed by atoms with van der Waals surface area (Å²) in [7, 11) is 1.11. The lowest BCUT2D eigenvalue weighted by atomic mass is 9.70. The summed E-state index contributed by atoms with van der Waals surface area (Å²) in [5, 5.41) is 11.4. The second-order valence-electron chi connectivity index (χ2n) is 6.89. The van der Waals surface area contributed by atoms with Gasteiger partial charge in [-0.25, -0.2) is 13.6 Å². The number of methoxy groups -OCH3 is 1. The van der Waals surface area contributed by atoms with Crippen molar-refractivity contribution in [1.82, 2.24) is 0 Å². The van der Waals surface area contributed by atoms with Crippen molar-refractivity contribution in [3.05, 3.63) is 33.6 Å². The molecule has 26 heavy (non-hydrogen) atoms. The summed E-state index contributed by atoms with van der Waals surface area (Å²) in [5.41, 5.74) is -3.52. The van der Waals surface area contributed by atoms with Crippen LogP contribution in [0.5, 0.6) is 0 Å². The lowest BCUT2D eigenvalue weighted by molar-refractivity contribution is -0.384. The molecular weight excluding hydrogens is 350 g/mol. The first-order valence-electron chi connectivity index (χ1n) is 8.29. The van der Waals surface area contributed by atoms with Crippen LogP contribution in [0.25, 0.3) is 0 Å². The minimum atomic E-state index is -2.32. The van der Waals surface area contributed by atoms with E-state index in [1.165, 1.54) is 17.9 Å². The monoisotopic (exact) mass is 370 g/mol. The molecule has 9 heteroatoms. The van der Waals surface area contributed by atoms with Crippen LogP contribution in [0.3, 0.4) is 0 Å². The highest BCUT2D eigenvalue weighted by atomic mass is 19.1. The third kappa shape index (κ3) is 2.70. The molecule has 0 aromatic heterocycles. The molecule has 1 unspecified atom stereocenters. The van der Waals surface area contributed by atoms with Crippen LogP contribution in [0.4, 0.5) is 20.2 Å². The van der Waals surface area contributed by atoms with E-state index in [-0.39, 0.29) is 24.3 Å². The van der Waals surface area contributed by atoms with Gasteiger partial charge in [-0.2, -0.15) is 0 Å². The van der Waals surface area contributed by atoms with Crippen molar-refractivity contribution in [1.29, 1.82) is 0 Å². The Balaban J connectivity index is 2.07. The van der Waals surface area contributed by atoms with Gasteiger partial charge in [0.2, 0.25) is 5.67 Å². The van der Waals surface area contributed by atoms with Crippen molar-refractivity contribution in [2.24, 2.45) is 5.41 Å². The van der Waals surface area contributed by atoms with E-state index in [1.807, 2.05) is 0 Å². The van der Waals surface area contributed by atoms with E-state index >= 15 is 4.39 Å². The predicted molar refractivity (Wildman–Crippen MR) is 88.3 cm³/mol. The predicted octanol–water partition coefficient (Wildman–Crippen LogP) is 2.54. The average molecular weight is 370 g/mol. The molecule has 1 aromatic rings. The van der Waals surface area contributed by atoms with E-state index in [4.69, 9.17) is 9.47 Å². The zero-order valence-corrected chi connectivity index (χ0v) is 14.6. The number of hydrogen-bond acceptors (Lipinski definition) is 6. The van der Waals surface area contributed by atoms with Gasteiger partial charge in [0.05, 0.1) is 24.6 Å². The molecule has 1 spiro atoms. The smallest absolute Gasteiger partial charge is 0.346 e. The van der Waals surface area contributed by atoms with Crippen LogP contribution in [0.1, 0.15) is 18.4 Å². The third-order valence-corrected chi connectivity index (χ3v) is 5.49. The Kier molecular flexibility index (Phi) is 4.60. The zero-order chi connectivity index (χ0) is 19.1. The Morgan fingerprint density at radius 2 is 2.00 bits per heavy atom. The van der Waals surface area contributed by atoms with Crippen molar-refractivity contribution in [2.75, 3.05) is 38.3 Å². The van der Waals surface area contributed by atoms with Gasteiger partial charge in [0, 0.05) is 25.2 Å². The molecule has 0 N–H and O–H groups in total. The average Bonchev–Trinajstić information content (AvgIpc) is 2.90. The van der Waals surface area contributed by atoms with Crippen LogP contribution in [-0.2, 0) is 14.3 Å². The summed E-state index contributed by atoms with van der Waals surface area (Å²) in [4.78, 5) is 24.4. The number of aryl methyl sites for hydroxylation is 1. The summed E-state index contributed by atoms with van der Waals surface area (Å²) < 4.78 is 39.7. The normalized spacial score (nSPS) is 24.7. The molecule has 0 aliphatic carbocycles. The number of nitro groups is 1. The molecule has 2 saturated heterocycles. The van der Waals surface area contributed by atoms with E-state index in [0.29, 0.717) is 26.1 Å². The van der Waals surface area contributed by atoms with Crippen molar-refractivity contribution in [2.45, 2.75) is 25.4 Å². The van der Waals surface area contributed by atoms with Gasteiger partial charge in [-0.15, -0.1) is 0 Å². The second kappa shape index (κ2) is 6.46. The van der Waals surface area contributed by atoms with Gasteiger partial charge in [0.25, 0.3) is 5.69 Å². The second-order valence-corrected chi connectivity index (χ2v) is 6.89. The van der Waals surface area contributed by atoms with E-state index < -0.39 is 33.5 Å². The van der Waals surface area contributed by atoms with E-state index in [1.54, 1.807) is 0 Å². The first-order valence-corrected chi connectivity index (χ1v) is 8.29. The first kappa shape index (κ1) is 18.5. The fourth-order valence-electron chi connectivity index (χ4n) is 3.96. The summed E-state index contributed by atoms with van der Waals surface area (Å²) in [6, 6.07) is 2.15. The number of ether oxygens (including phenoxy) is 2. The third-order valence-electron chi connectivity index (χ3n) is 5.49. The molecule has 0 saturated carbocycles. The lowest BCUT2D eigenvalue weighted by Gasteiger charge is -2.39. The standard InChI is InChI=1S/C17H20F2N2O5/c1-11-7-13(14(21(23)24)8-12(11)18)20-9-16(3-5-26-6-4-16)17(19,10-20)15(22)25-2/h7-8H,3-6,9-10H2,1-2H3. The van der Waals surface area contributed by atoms with Gasteiger partial charge in [-0.3, -0.25) is 10.1 Å². The molecule has 0 radical (unpaired) electrons. The maximum absolute atomic E-state index is 15.9. The van der Waals surface area contributed by atoms with Gasteiger partial charge in [-0.05, 0) is 31.4 Å². The number of carbonyl (C=O) groups is 1. The van der Waals surface area contributed by atoms with E-state index in [9.17, 15) is 19.3 Å². The van der Waals surface area contributed by atoms with Gasteiger partial charge >= 0.3 is 5.97 Å². The SMILES string of the molecule is COC(=O)C1(F)CN(c2cc(C)c(F)cc2[N+](=O)[O-])CC12CCOCC2. The Labute approximate surface area is 149 Å². The molecule has 7 nitrogen and oxygen atoms in total. The van der Waals surface area contributed by atoms with Crippen molar-refractivity contribution >= 4 is 17.3 Å². The van der Waals surface area contributed by atoms with Crippen molar-refractivity contribution in [3.63, 3.8) is 0 Å². The fourth-order valence-corrected chi connectivity index (χ4v) is 3.96. The number of nitrogens with zero attached hydrogens (tertiary/aromatic N) is 2. The fraction of sp³-hybridized carbons (Fsp3) is 0.588. The summed E-state index contributed by atoms with van der Waals surface area (Å²) in [6.07, 6.45) is 0.589. The number of benzene rings is 1. The molecule has 142 valence electrons. The number of esters is 1. The molecule has 0 bridgehead atoms. The highest BCUT2D eigenvalue weighted by molar-refractivity contribution is 5.83. The number of alkyl halides is 1. The minimum Gasteiger partial charge on any atom is -0.467 e. The van der Waals surface area contributed by atoms with Gasteiger partial charge < -0.3 is 14.4 Å². The van der Waals surface area contributed by atoms with Crippen molar-refractivity contribution in [3.8, 4) is 0 Å². The summed E-state index contributed by atoms with van der Waals surface area (Å²) in [5.74, 6) is -1.71. The van der Waals surface area contributed by atoms with Gasteiger partial charge in [-0.1, -0.05) is 0 Å². The number of hydrogen-bond donors (Lipinski definition) is 0. The largest absolute Gasteiger partial charge is 0.467 e. The highest BCUT2D eigenvalue weighted by Crippen LogP contribution is 2.52. The molecule has 2 aliphatic rings. The van der Waals surface area contributed by atoms with Crippen LogP contribution in [0, 0.1) is 28.3 Å². The number of anilines is 1. The topological polar surface area (TPSA) is 81.9 Å². The molecule has 1 aromatic carbocycles. The van der Waals surface area contributed by atoms with Crippen LogP contribution >= 0.6 is 0 Å². The summed E-state index contributed by atoms with van der Waals surface area (Å²) >= 11 is 0. The molecule has 2 fully saturated rings. The first-order chi connectivity index (χ1) is 12.2. The van der Waals surface area contributed by atoms with Crippen LogP contribution in [0.2, 0.25) is 0 Å². The Bertz CT molecular complexity index is 751. The van der Waals surface area contributed by atoms with Crippen LogP contribution < -0.4 is 4.90 Å². The number of carbonyl (C=O) groups excluding carboxylic acids is 1. The lowest BCUT2D eigenvalue weighted by Crippen LogP contribution is -2.53. The maximum Gasteiger partial charge on any atom is 0.346 e. The Morgan fingerprint density at radius 1 is 1.35 bits per heavy atom. The number of nitro benzene ring substituents is 1. The van der Waals surface area contributed by atoms with Crippen molar-refractivity contribution < 1.29 is 28.0 Å². The number of rotatable bonds is 3. The molecule has 2 heterocycles. The summed E-state index contributed by atoms with van der Waals surface area (Å²) in [6.45, 7) is 1.77. The van der Waals surface area contributed by atoms with Crippen LogP contribution in [-0.4, -0.2) is 50.0 Å². The Hall–Kier alpha value is -2.29. The van der Waals surface area contributed by atoms with Gasteiger partial charge in [0.15, 0.2) is 0 Å². The highest BCUT2D eigenvalue weighted by Gasteiger charge is 2.64. The molecule has 2 aliphatic heterocycles. The van der Waals surface area contributed by atoms with Crippen LogP contribution in [0.15, 0.2) is 12.1 Å². The molecule has 1 atom stereocenters. The number of halogens is 2. The van der Waals surface area contributed by atoms with E-state index in [2.05, 4.69) is 0 Å². The maximum atomic E-state index is 15.9. The van der Waals surface area contributed by atoms with E-state index in [0.717, 1.165) is 13.2 Å². The minimum absolute atomic E-state index is 0.0911. The zero-order valence-electron chi connectivity index (χ0n) is 14.6. The molecule has 3 rings (SSSR count). The Morgan fingerprint density at radius 3 is 2.58 bits per heavy atom. The molecular formula is C17H20F2N2O5. The molecule has 0 amide bonds. The quantitative estimate of drug-likeness (QED) is 0.462. The van der Waals surface area contributed by atoms with Gasteiger partial charge in [0.1, 0.15) is 11.5 Å².